The molecule has 1 saturated heterocycles. The first-order chi connectivity index (χ1) is 11.5. The average Bonchev–Trinajstić information content (AvgIpc) is 3.07. The molecule has 1 aromatic rings. The van der Waals surface area contributed by atoms with Gasteiger partial charge in [0.15, 0.2) is 0 Å². The van der Waals surface area contributed by atoms with E-state index >= 15 is 0 Å². The molecule has 0 aromatic carbocycles. The number of furan rings is 1. The summed E-state index contributed by atoms with van der Waals surface area (Å²) in [6.45, 7) is 2.64. The second-order valence-corrected chi connectivity index (χ2v) is 6.61. The summed E-state index contributed by atoms with van der Waals surface area (Å²) in [5.41, 5.74) is 0.356. The van der Waals surface area contributed by atoms with Gasteiger partial charge in [0, 0.05) is 25.0 Å². The van der Waals surface area contributed by atoms with Crippen LogP contribution in [0, 0.1) is 0 Å². The van der Waals surface area contributed by atoms with Gasteiger partial charge in [-0.05, 0) is 37.5 Å². The predicted molar refractivity (Wildman–Crippen MR) is 87.1 cm³/mol. The Kier molecular flexibility index (Phi) is 5.08. The van der Waals surface area contributed by atoms with Gasteiger partial charge >= 0.3 is 0 Å². The van der Waals surface area contributed by atoms with Gasteiger partial charge in [0.05, 0.1) is 12.1 Å². The van der Waals surface area contributed by atoms with Crippen LogP contribution in [-0.2, 0) is 11.2 Å². The fraction of sp³-hybridized carbons (Fsp3) is 0.611. The van der Waals surface area contributed by atoms with E-state index in [9.17, 15) is 20.1 Å². The number of piperidine rings is 1. The lowest BCUT2D eigenvalue weighted by Gasteiger charge is -2.37. The minimum Gasteiger partial charge on any atom is -0.464 e. The number of hydrogen-bond acceptors (Lipinski definition) is 5. The summed E-state index contributed by atoms with van der Waals surface area (Å²) in [5, 5.41) is 29.3. The minimum absolute atomic E-state index is 0.0542. The fourth-order valence-corrected chi connectivity index (χ4v) is 3.52. The fourth-order valence-electron chi connectivity index (χ4n) is 3.52. The lowest BCUT2D eigenvalue weighted by Crippen LogP contribution is -2.45. The molecule has 1 unspecified atom stereocenters. The topological polar surface area (TPSA) is 94.1 Å². The zero-order valence-corrected chi connectivity index (χ0v) is 13.9. The number of rotatable bonds is 3. The highest BCUT2D eigenvalue weighted by Gasteiger charge is 2.36. The first-order valence-electron chi connectivity index (χ1n) is 8.65. The standard InChI is InChI=1S/C18H25NO5/c1-2-12-6-7-16(24-12)13-5-3-4-8-19(13)18(23)11-9-14(20)17(22)15(21)10-11/h6-7,9,13-15,17,20-22H,2-5,8,10H2,1H3/t13?,14-,15-,17-/m1/s1. The van der Waals surface area contributed by atoms with Crippen molar-refractivity contribution in [3.05, 3.63) is 35.3 Å². The molecule has 6 heteroatoms. The molecule has 1 aliphatic carbocycles. The first-order valence-corrected chi connectivity index (χ1v) is 8.65. The maximum Gasteiger partial charge on any atom is 0.250 e. The highest BCUT2D eigenvalue weighted by molar-refractivity contribution is 5.94. The third-order valence-corrected chi connectivity index (χ3v) is 4.94. The summed E-state index contributed by atoms with van der Waals surface area (Å²) in [6, 6.07) is 3.75. The van der Waals surface area contributed by atoms with Crippen LogP contribution in [0.3, 0.4) is 0 Å². The molecular weight excluding hydrogens is 310 g/mol. The Morgan fingerprint density at radius 3 is 2.75 bits per heavy atom. The minimum atomic E-state index is -1.24. The average molecular weight is 335 g/mol. The molecule has 3 rings (SSSR count). The van der Waals surface area contributed by atoms with E-state index in [1.165, 1.54) is 6.08 Å². The number of nitrogens with zero attached hydrogens (tertiary/aromatic N) is 1. The molecule has 0 spiro atoms. The normalized spacial score (nSPS) is 31.0. The van der Waals surface area contributed by atoms with E-state index in [0.717, 1.165) is 37.2 Å². The molecular formula is C18H25NO5. The lowest BCUT2D eigenvalue weighted by molar-refractivity contribution is -0.133. The number of amides is 1. The Balaban J connectivity index is 1.82. The van der Waals surface area contributed by atoms with Gasteiger partial charge in [-0.25, -0.2) is 0 Å². The zero-order chi connectivity index (χ0) is 17.3. The highest BCUT2D eigenvalue weighted by Crippen LogP contribution is 2.34. The molecule has 1 aromatic heterocycles. The van der Waals surface area contributed by atoms with E-state index < -0.39 is 18.3 Å². The second kappa shape index (κ2) is 7.09. The predicted octanol–water partition coefficient (Wildman–Crippen LogP) is 1.31. The van der Waals surface area contributed by atoms with Gasteiger partial charge in [-0.2, -0.15) is 0 Å². The van der Waals surface area contributed by atoms with Crippen molar-refractivity contribution in [2.24, 2.45) is 0 Å². The number of hydrogen-bond donors (Lipinski definition) is 3. The van der Waals surface area contributed by atoms with Crippen LogP contribution in [0.25, 0.3) is 0 Å². The van der Waals surface area contributed by atoms with Crippen molar-refractivity contribution in [2.75, 3.05) is 6.54 Å². The second-order valence-electron chi connectivity index (χ2n) is 6.61. The Hall–Kier alpha value is -1.63. The van der Waals surface area contributed by atoms with E-state index in [0.29, 0.717) is 12.1 Å². The zero-order valence-electron chi connectivity index (χ0n) is 13.9. The number of likely N-dealkylation sites (tertiary alicyclic amines) is 1. The Morgan fingerprint density at radius 2 is 2.08 bits per heavy atom. The van der Waals surface area contributed by atoms with E-state index in [-0.39, 0.29) is 18.4 Å². The smallest absolute Gasteiger partial charge is 0.250 e. The summed E-state index contributed by atoms with van der Waals surface area (Å²) in [7, 11) is 0. The third kappa shape index (κ3) is 3.27. The Morgan fingerprint density at radius 1 is 1.29 bits per heavy atom. The van der Waals surface area contributed by atoms with Gasteiger partial charge in [0.1, 0.15) is 23.7 Å². The van der Waals surface area contributed by atoms with Crippen LogP contribution in [0.15, 0.2) is 28.2 Å². The van der Waals surface area contributed by atoms with Gasteiger partial charge in [-0.15, -0.1) is 0 Å². The van der Waals surface area contributed by atoms with Gasteiger partial charge in [0.2, 0.25) is 5.91 Å². The number of carbonyl (C=O) groups excluding carboxylic acids is 1. The molecule has 1 aliphatic heterocycles. The van der Waals surface area contributed by atoms with E-state index in [1.807, 2.05) is 19.1 Å². The molecule has 24 heavy (non-hydrogen) atoms. The largest absolute Gasteiger partial charge is 0.464 e. The number of carbonyl (C=O) groups is 1. The number of aryl methyl sites for hydroxylation is 1. The van der Waals surface area contributed by atoms with Crippen LogP contribution in [0.4, 0.5) is 0 Å². The number of aliphatic hydroxyl groups excluding tert-OH is 3. The summed E-state index contributed by atoms with van der Waals surface area (Å²) >= 11 is 0. The van der Waals surface area contributed by atoms with Gasteiger partial charge in [-0.1, -0.05) is 6.92 Å². The summed E-state index contributed by atoms with van der Waals surface area (Å²) in [6.07, 6.45) is 1.43. The summed E-state index contributed by atoms with van der Waals surface area (Å²) in [4.78, 5) is 14.7. The Labute approximate surface area is 141 Å². The number of aliphatic hydroxyl groups is 3. The third-order valence-electron chi connectivity index (χ3n) is 4.94. The summed E-state index contributed by atoms with van der Waals surface area (Å²) in [5.74, 6) is 1.49. The van der Waals surface area contributed by atoms with Gasteiger partial charge in [0.25, 0.3) is 0 Å². The quantitative estimate of drug-likeness (QED) is 0.774. The molecule has 2 aliphatic rings. The SMILES string of the molecule is CCc1ccc(C2CCCCN2C(=O)C2=C[C@@H](O)[C@@H](O)[C@H](O)C2)o1. The lowest BCUT2D eigenvalue weighted by atomic mass is 9.90. The van der Waals surface area contributed by atoms with Gasteiger partial charge < -0.3 is 24.6 Å². The molecule has 6 nitrogen and oxygen atoms in total. The van der Waals surface area contributed by atoms with Crippen LogP contribution >= 0.6 is 0 Å². The van der Waals surface area contributed by atoms with Crippen LogP contribution in [0.1, 0.15) is 50.2 Å². The molecule has 2 heterocycles. The summed E-state index contributed by atoms with van der Waals surface area (Å²) < 4.78 is 5.85. The molecule has 0 radical (unpaired) electrons. The van der Waals surface area contributed by atoms with Gasteiger partial charge in [-0.3, -0.25) is 4.79 Å². The van der Waals surface area contributed by atoms with Crippen molar-refractivity contribution in [1.29, 1.82) is 0 Å². The Bertz CT molecular complexity index is 623. The highest BCUT2D eigenvalue weighted by atomic mass is 16.4. The molecule has 0 bridgehead atoms. The van der Waals surface area contributed by atoms with Crippen molar-refractivity contribution in [3.63, 3.8) is 0 Å². The van der Waals surface area contributed by atoms with Crippen LogP contribution in [-0.4, -0.2) is 51.0 Å². The van der Waals surface area contributed by atoms with Crippen molar-refractivity contribution >= 4 is 5.91 Å². The maximum absolute atomic E-state index is 12.9. The molecule has 0 saturated carbocycles. The van der Waals surface area contributed by atoms with E-state index in [4.69, 9.17) is 4.42 Å². The van der Waals surface area contributed by atoms with Crippen molar-refractivity contribution in [3.8, 4) is 0 Å². The van der Waals surface area contributed by atoms with Crippen LogP contribution < -0.4 is 0 Å². The molecule has 1 fully saturated rings. The van der Waals surface area contributed by atoms with Crippen LogP contribution in [0.5, 0.6) is 0 Å². The first kappa shape index (κ1) is 17.2. The van der Waals surface area contributed by atoms with Crippen molar-refractivity contribution < 1.29 is 24.5 Å². The molecule has 1 amide bonds. The molecule has 4 atom stereocenters. The molecule has 132 valence electrons. The van der Waals surface area contributed by atoms with Crippen molar-refractivity contribution in [2.45, 2.75) is 63.4 Å². The monoisotopic (exact) mass is 335 g/mol. The maximum atomic E-state index is 12.9. The van der Waals surface area contributed by atoms with Crippen LogP contribution in [0.2, 0.25) is 0 Å². The van der Waals surface area contributed by atoms with E-state index in [1.54, 1.807) is 4.90 Å². The van der Waals surface area contributed by atoms with E-state index in [2.05, 4.69) is 0 Å². The molecule has 3 N–H and O–H groups in total. The van der Waals surface area contributed by atoms with Crippen molar-refractivity contribution in [1.82, 2.24) is 4.90 Å².